The summed E-state index contributed by atoms with van der Waals surface area (Å²) < 4.78 is 2.43. The average Bonchev–Trinajstić information content (AvgIpc) is 2.31. The Balaban J connectivity index is 2.98. The first kappa shape index (κ1) is 10.4. The lowest BCUT2D eigenvalue weighted by Crippen LogP contribution is -2.07. The molecule has 0 N–H and O–H groups in total. The van der Waals surface area contributed by atoms with Crippen molar-refractivity contribution in [2.24, 2.45) is 5.92 Å². The van der Waals surface area contributed by atoms with Crippen molar-refractivity contribution >= 4 is 0 Å². The van der Waals surface area contributed by atoms with E-state index in [0.29, 0.717) is 0 Å². The lowest BCUT2D eigenvalue weighted by molar-refractivity contribution is 0.508. The molecule has 1 aromatic rings. The molecule has 0 aliphatic rings. The quantitative estimate of drug-likeness (QED) is 0.670. The van der Waals surface area contributed by atoms with Gasteiger partial charge in [-0.25, -0.2) is 0 Å². The molecule has 1 aromatic heterocycles. The van der Waals surface area contributed by atoms with Crippen LogP contribution in [0.2, 0.25) is 0 Å². The summed E-state index contributed by atoms with van der Waals surface area (Å²) in [5, 5.41) is 0. The van der Waals surface area contributed by atoms with Gasteiger partial charge in [0.1, 0.15) is 0 Å². The minimum Gasteiger partial charge on any atom is -0.349 e. The summed E-state index contributed by atoms with van der Waals surface area (Å²) in [6, 6.07) is 2.32. The minimum atomic E-state index is 0.731. The molecule has 0 saturated heterocycles. The predicted octanol–water partition coefficient (Wildman–Crippen LogP) is 3.32. The van der Waals surface area contributed by atoms with Gasteiger partial charge in [-0.3, -0.25) is 0 Å². The number of aryl methyl sites for hydroxylation is 2. The maximum atomic E-state index is 2.43. The molecule has 0 amide bonds. The highest BCUT2D eigenvalue weighted by Crippen LogP contribution is 2.16. The fourth-order valence-corrected chi connectivity index (χ4v) is 1.88. The summed E-state index contributed by atoms with van der Waals surface area (Å²) in [7, 11) is 0. The van der Waals surface area contributed by atoms with Crippen LogP contribution in [0.4, 0.5) is 0 Å². The van der Waals surface area contributed by atoms with Crippen LogP contribution in [0.25, 0.3) is 0 Å². The maximum absolute atomic E-state index is 2.43. The van der Waals surface area contributed by atoms with Crippen LogP contribution in [0, 0.1) is 19.8 Å². The number of hydrogen-bond donors (Lipinski definition) is 0. The molecule has 0 atom stereocenters. The SMILES string of the molecule is CCc1cc(C)n(CC(C)C)c1C. The lowest BCUT2D eigenvalue weighted by atomic mass is 10.2. The molecular weight excluding hydrogens is 158 g/mol. The van der Waals surface area contributed by atoms with E-state index >= 15 is 0 Å². The highest BCUT2D eigenvalue weighted by Gasteiger charge is 2.07. The van der Waals surface area contributed by atoms with E-state index in [-0.39, 0.29) is 0 Å². The molecule has 0 bridgehead atoms. The minimum absolute atomic E-state index is 0.731. The molecule has 0 aliphatic carbocycles. The van der Waals surface area contributed by atoms with Gasteiger partial charge >= 0.3 is 0 Å². The predicted molar refractivity (Wildman–Crippen MR) is 58.1 cm³/mol. The van der Waals surface area contributed by atoms with E-state index in [0.717, 1.165) is 18.9 Å². The first-order chi connectivity index (χ1) is 6.06. The number of nitrogens with zero attached hydrogens (tertiary/aromatic N) is 1. The summed E-state index contributed by atoms with van der Waals surface area (Å²) in [5.74, 6) is 0.731. The zero-order valence-corrected chi connectivity index (χ0v) is 9.52. The van der Waals surface area contributed by atoms with Gasteiger partial charge in [0, 0.05) is 17.9 Å². The van der Waals surface area contributed by atoms with E-state index in [4.69, 9.17) is 0 Å². The summed E-state index contributed by atoms with van der Waals surface area (Å²) in [5.41, 5.74) is 4.36. The Morgan fingerprint density at radius 1 is 1.31 bits per heavy atom. The molecule has 1 heteroatoms. The van der Waals surface area contributed by atoms with Crippen LogP contribution in [0.5, 0.6) is 0 Å². The van der Waals surface area contributed by atoms with Gasteiger partial charge in [-0.2, -0.15) is 0 Å². The average molecular weight is 179 g/mol. The van der Waals surface area contributed by atoms with E-state index < -0.39 is 0 Å². The van der Waals surface area contributed by atoms with Crippen molar-refractivity contribution in [2.75, 3.05) is 0 Å². The molecule has 1 heterocycles. The third-order valence-corrected chi connectivity index (χ3v) is 2.61. The molecule has 0 radical (unpaired) electrons. The first-order valence-electron chi connectivity index (χ1n) is 5.21. The van der Waals surface area contributed by atoms with Crippen molar-refractivity contribution in [3.05, 3.63) is 23.0 Å². The maximum Gasteiger partial charge on any atom is 0.0247 e. The topological polar surface area (TPSA) is 4.93 Å². The summed E-state index contributed by atoms with van der Waals surface area (Å²) in [4.78, 5) is 0. The van der Waals surface area contributed by atoms with Crippen molar-refractivity contribution in [3.8, 4) is 0 Å². The van der Waals surface area contributed by atoms with Gasteiger partial charge in [0.15, 0.2) is 0 Å². The van der Waals surface area contributed by atoms with Gasteiger partial charge in [-0.15, -0.1) is 0 Å². The Labute approximate surface area is 81.8 Å². The second kappa shape index (κ2) is 3.99. The molecular formula is C12H21N. The zero-order valence-electron chi connectivity index (χ0n) is 9.52. The van der Waals surface area contributed by atoms with Crippen molar-refractivity contribution in [2.45, 2.75) is 47.6 Å². The zero-order chi connectivity index (χ0) is 10.0. The van der Waals surface area contributed by atoms with Crippen molar-refractivity contribution in [1.82, 2.24) is 4.57 Å². The Morgan fingerprint density at radius 3 is 2.31 bits per heavy atom. The van der Waals surface area contributed by atoms with Crippen LogP contribution in [0.15, 0.2) is 6.07 Å². The monoisotopic (exact) mass is 179 g/mol. The summed E-state index contributed by atoms with van der Waals surface area (Å²) >= 11 is 0. The van der Waals surface area contributed by atoms with E-state index in [1.807, 2.05) is 0 Å². The van der Waals surface area contributed by atoms with Gasteiger partial charge in [0.05, 0.1) is 0 Å². The first-order valence-corrected chi connectivity index (χ1v) is 5.21. The standard InChI is InChI=1S/C12H21N/c1-6-12-7-10(4)13(11(12)5)8-9(2)3/h7,9H,6,8H2,1-5H3. The molecule has 0 spiro atoms. The van der Waals surface area contributed by atoms with Crippen molar-refractivity contribution < 1.29 is 0 Å². The van der Waals surface area contributed by atoms with Gasteiger partial charge < -0.3 is 4.57 Å². The summed E-state index contributed by atoms with van der Waals surface area (Å²) in [6.45, 7) is 12.3. The smallest absolute Gasteiger partial charge is 0.0247 e. The molecule has 0 fully saturated rings. The van der Waals surface area contributed by atoms with Crippen LogP contribution in [-0.4, -0.2) is 4.57 Å². The van der Waals surface area contributed by atoms with Crippen molar-refractivity contribution in [1.29, 1.82) is 0 Å². The van der Waals surface area contributed by atoms with Crippen molar-refractivity contribution in [3.63, 3.8) is 0 Å². The Kier molecular flexibility index (Phi) is 3.18. The number of aromatic nitrogens is 1. The second-order valence-electron chi connectivity index (χ2n) is 4.25. The molecule has 1 rings (SSSR count). The van der Waals surface area contributed by atoms with Crippen LogP contribution in [0.1, 0.15) is 37.7 Å². The lowest BCUT2D eigenvalue weighted by Gasteiger charge is -2.12. The van der Waals surface area contributed by atoms with E-state index in [9.17, 15) is 0 Å². The summed E-state index contributed by atoms with van der Waals surface area (Å²) in [6.07, 6.45) is 1.15. The van der Waals surface area contributed by atoms with Crippen LogP contribution in [0.3, 0.4) is 0 Å². The fraction of sp³-hybridized carbons (Fsp3) is 0.667. The largest absolute Gasteiger partial charge is 0.349 e. The fourth-order valence-electron chi connectivity index (χ4n) is 1.88. The molecule has 0 aromatic carbocycles. The highest BCUT2D eigenvalue weighted by atomic mass is 15.0. The second-order valence-corrected chi connectivity index (χ2v) is 4.25. The van der Waals surface area contributed by atoms with Gasteiger partial charge in [0.2, 0.25) is 0 Å². The molecule has 13 heavy (non-hydrogen) atoms. The highest BCUT2D eigenvalue weighted by molar-refractivity contribution is 5.26. The van der Waals surface area contributed by atoms with Crippen LogP contribution < -0.4 is 0 Å². The Hall–Kier alpha value is -0.720. The molecule has 0 saturated carbocycles. The molecule has 74 valence electrons. The van der Waals surface area contributed by atoms with Crippen LogP contribution in [-0.2, 0) is 13.0 Å². The Morgan fingerprint density at radius 2 is 1.92 bits per heavy atom. The Bertz CT molecular complexity index is 282. The third-order valence-electron chi connectivity index (χ3n) is 2.61. The van der Waals surface area contributed by atoms with Gasteiger partial charge in [-0.1, -0.05) is 20.8 Å². The molecule has 0 unspecified atom stereocenters. The third kappa shape index (κ3) is 2.15. The van der Waals surface area contributed by atoms with Gasteiger partial charge in [-0.05, 0) is 37.8 Å². The normalized spacial score (nSPS) is 11.2. The van der Waals surface area contributed by atoms with E-state index in [1.54, 1.807) is 0 Å². The van der Waals surface area contributed by atoms with Gasteiger partial charge in [0.25, 0.3) is 0 Å². The number of rotatable bonds is 3. The number of hydrogen-bond acceptors (Lipinski definition) is 0. The van der Waals surface area contributed by atoms with Crippen LogP contribution >= 0.6 is 0 Å². The molecule has 0 aliphatic heterocycles. The van der Waals surface area contributed by atoms with E-state index in [2.05, 4.69) is 45.3 Å². The van der Waals surface area contributed by atoms with E-state index in [1.165, 1.54) is 17.0 Å². The molecule has 1 nitrogen and oxygen atoms in total.